The van der Waals surface area contributed by atoms with Gasteiger partial charge in [-0.15, -0.1) is 0 Å². The zero-order valence-corrected chi connectivity index (χ0v) is 67.8. The number of urea groups is 3. The smallest absolute Gasteiger partial charge is 0.328 e. The van der Waals surface area contributed by atoms with Crippen LogP contribution in [0.15, 0.2) is 55.0 Å². The summed E-state index contributed by atoms with van der Waals surface area (Å²) in [6.45, 7) is 6.76. The molecule has 15 rings (SSSR count). The third-order valence-electron chi connectivity index (χ3n) is 23.4. The molecule has 6 aromatic heterocycles. The number of hydrogen-bond acceptors (Lipinski definition) is 27. The van der Waals surface area contributed by atoms with Crippen LogP contribution in [0.5, 0.6) is 0 Å². The molecule has 0 saturated carbocycles. The maximum atomic E-state index is 13.4. The van der Waals surface area contributed by atoms with Crippen LogP contribution < -0.4 is 30.7 Å². The van der Waals surface area contributed by atoms with Crippen molar-refractivity contribution in [2.24, 2.45) is 17.8 Å². The number of nitrogens with zero attached hydrogens (tertiary/aromatic N) is 15. The zero-order valence-electron chi connectivity index (χ0n) is 67.8. The Labute approximate surface area is 693 Å². The molecule has 9 atom stereocenters. The van der Waals surface area contributed by atoms with E-state index in [4.69, 9.17) is 42.6 Å². The van der Waals surface area contributed by atoms with Crippen LogP contribution in [0, 0.1) is 51.7 Å². The molecule has 9 aliphatic heterocycles. The minimum atomic E-state index is -0.464. The number of likely N-dealkylation sites (tertiary alicyclic amines) is 3. The predicted molar refractivity (Wildman–Crippen MR) is 429 cm³/mol. The first-order valence-electron chi connectivity index (χ1n) is 40.0. The summed E-state index contributed by atoms with van der Waals surface area (Å²) >= 11 is 0. The van der Waals surface area contributed by atoms with Crippen LogP contribution in [-0.2, 0) is 115 Å². The first-order chi connectivity index (χ1) is 58.3. The summed E-state index contributed by atoms with van der Waals surface area (Å²) in [5.41, 5.74) is 8.55. The van der Waals surface area contributed by atoms with E-state index < -0.39 is 36.4 Å². The Morgan fingerprint density at radius 3 is 0.942 bits per heavy atom. The Hall–Kier alpha value is -11.8. The van der Waals surface area contributed by atoms with E-state index in [-0.39, 0.29) is 90.5 Å². The van der Waals surface area contributed by atoms with Gasteiger partial charge in [-0.1, -0.05) is 0 Å². The molecule has 6 saturated heterocycles. The Balaban J connectivity index is 0.000000156. The van der Waals surface area contributed by atoms with Crippen LogP contribution in [0.2, 0.25) is 0 Å². The van der Waals surface area contributed by atoms with Gasteiger partial charge in [0.15, 0.2) is 18.9 Å². The molecule has 0 bridgehead atoms. The van der Waals surface area contributed by atoms with Crippen molar-refractivity contribution in [3.8, 4) is 18.2 Å². The number of ether oxygens (including phenoxy) is 9. The summed E-state index contributed by atoms with van der Waals surface area (Å²) in [6, 6.07) is 15.9. The van der Waals surface area contributed by atoms with Crippen LogP contribution >= 0.6 is 0 Å². The van der Waals surface area contributed by atoms with Crippen molar-refractivity contribution in [3.63, 3.8) is 0 Å². The molecule has 36 nitrogen and oxygen atoms in total. The van der Waals surface area contributed by atoms with E-state index in [1.807, 2.05) is 18.2 Å². The van der Waals surface area contributed by atoms with Crippen LogP contribution in [0.25, 0.3) is 0 Å². The number of amides is 9. The van der Waals surface area contributed by atoms with E-state index in [9.17, 15) is 58.9 Å². The Bertz CT molecular complexity index is 4510. The number of carbonyl (C=O) groups excluding carboxylic acids is 9. The molecule has 0 aliphatic carbocycles. The second kappa shape index (κ2) is 39.9. The molecule has 0 unspecified atom stereocenters. The van der Waals surface area contributed by atoms with Gasteiger partial charge in [0.25, 0.3) is 17.7 Å². The average molecular weight is 1650 g/mol. The van der Waals surface area contributed by atoms with E-state index in [1.54, 1.807) is 54.2 Å². The van der Waals surface area contributed by atoms with Crippen LogP contribution in [-0.4, -0.2) is 257 Å². The van der Waals surface area contributed by atoms with Crippen molar-refractivity contribution in [2.75, 3.05) is 152 Å². The van der Waals surface area contributed by atoms with Gasteiger partial charge < -0.3 is 57.3 Å². The number of aldehydes is 3. The number of carbonyl (C=O) groups is 9. The lowest BCUT2D eigenvalue weighted by Crippen LogP contribution is -2.40. The van der Waals surface area contributed by atoms with E-state index >= 15 is 0 Å². The molecule has 120 heavy (non-hydrogen) atoms. The van der Waals surface area contributed by atoms with Gasteiger partial charge in [-0.3, -0.25) is 59.4 Å². The predicted octanol–water partition coefficient (Wildman–Crippen LogP) is 6.29. The summed E-state index contributed by atoms with van der Waals surface area (Å²) < 4.78 is 48.8. The molecular formula is C84H96N18O18. The number of rotatable bonds is 24. The lowest BCUT2D eigenvalue weighted by atomic mass is 9.94. The normalized spacial score (nSPS) is 22.2. The standard InChI is InChI=1S/3C28H32N6O6/c3*1-38-23-5-7-33(27(23)36)13-19-8-17-4-3-6-34(26(17)31-22(19)14-35)28(37)32-25-10-18(21(11-29)12-30-25)9-20-15-40-16-24(20)39-2/h3*8,10,12,14,20,23-24H,3-7,9,13,15-16H2,1-2H3,(H,30,32,37)/t20-,23+,24-;2*20-,23-,24-/m010/s1. The van der Waals surface area contributed by atoms with Gasteiger partial charge in [0.05, 0.1) is 74.6 Å². The van der Waals surface area contributed by atoms with Crippen molar-refractivity contribution in [3.05, 3.63) is 139 Å². The molecule has 15 heterocycles. The molecular weight excluding hydrogens is 1550 g/mol. The van der Waals surface area contributed by atoms with E-state index in [0.29, 0.717) is 243 Å². The number of aryl methyl sites for hydroxylation is 3. The van der Waals surface area contributed by atoms with Crippen molar-refractivity contribution in [1.82, 2.24) is 44.6 Å². The molecule has 9 amide bonds. The summed E-state index contributed by atoms with van der Waals surface area (Å²) in [6.07, 6.45) is 12.4. The zero-order chi connectivity index (χ0) is 84.7. The highest BCUT2D eigenvalue weighted by Crippen LogP contribution is 2.36. The molecule has 0 aromatic carbocycles. The van der Waals surface area contributed by atoms with Crippen molar-refractivity contribution in [2.45, 2.75) is 133 Å². The molecule has 0 spiro atoms. The number of fused-ring (bicyclic) bond motifs is 3. The SMILES string of the molecule is CO[C@@H]1CCN(Cc2cc3c(nc2C=O)N(C(=O)Nc2cc(C[C@@H]4COC[C@H]4OC)c(C#N)cn2)CCC3)C1=O.CO[C@H]1CCN(Cc2cc3c(nc2C=O)N(C(=O)Nc2cc(C[C@H]4COC[C@@H]4OC)c(C#N)cn2)CCC3)C1=O.CO[C@H]1COC[C@@H]1Cc1cc(NC(=O)N2CCCc3cc(CN4CC[C@@H](OC)C4=O)c(C=O)nc32)ncc1C#N. The molecule has 6 aromatic rings. The fourth-order valence-corrected chi connectivity index (χ4v) is 16.8. The number of aromatic nitrogens is 6. The molecule has 3 N–H and O–H groups in total. The maximum absolute atomic E-state index is 13.4. The van der Waals surface area contributed by atoms with Crippen LogP contribution in [0.4, 0.5) is 49.3 Å². The van der Waals surface area contributed by atoms with Gasteiger partial charge in [0.1, 0.15) is 88.5 Å². The highest BCUT2D eigenvalue weighted by molar-refractivity contribution is 6.04. The Kier molecular flexibility index (Phi) is 28.6. The number of anilines is 6. The average Bonchev–Trinajstić information content (AvgIpc) is 0.861. The van der Waals surface area contributed by atoms with E-state index in [0.717, 1.165) is 33.4 Å². The minimum absolute atomic E-state index is 0.0597. The highest BCUT2D eigenvalue weighted by atomic mass is 16.6. The first-order valence-corrected chi connectivity index (χ1v) is 40.0. The van der Waals surface area contributed by atoms with Gasteiger partial charge in [0, 0.05) is 174 Å². The molecule has 0 radical (unpaired) electrons. The lowest BCUT2D eigenvalue weighted by Gasteiger charge is -2.29. The van der Waals surface area contributed by atoms with Gasteiger partial charge >= 0.3 is 18.1 Å². The number of nitrogens with one attached hydrogen (secondary N) is 3. The molecule has 6 fully saturated rings. The summed E-state index contributed by atoms with van der Waals surface area (Å²) in [4.78, 5) is 150. The van der Waals surface area contributed by atoms with Gasteiger partial charge in [0.2, 0.25) is 0 Å². The fourth-order valence-electron chi connectivity index (χ4n) is 16.8. The second-order valence-corrected chi connectivity index (χ2v) is 30.6. The van der Waals surface area contributed by atoms with Crippen molar-refractivity contribution >= 4 is 89.6 Å². The Morgan fingerprint density at radius 2 is 0.700 bits per heavy atom. The molecule has 36 heteroatoms. The topological polar surface area (TPSA) is 441 Å². The van der Waals surface area contributed by atoms with E-state index in [1.165, 1.54) is 54.6 Å². The third-order valence-corrected chi connectivity index (χ3v) is 23.4. The van der Waals surface area contributed by atoms with E-state index in [2.05, 4.69) is 64.1 Å². The van der Waals surface area contributed by atoms with Crippen LogP contribution in [0.3, 0.4) is 0 Å². The minimum Gasteiger partial charge on any atom is -0.379 e. The van der Waals surface area contributed by atoms with Gasteiger partial charge in [-0.25, -0.2) is 44.3 Å². The molecule has 630 valence electrons. The largest absolute Gasteiger partial charge is 0.379 e. The fraction of sp³-hybridized carbons (Fsp3) is 0.500. The first kappa shape index (κ1) is 86.1. The second-order valence-electron chi connectivity index (χ2n) is 30.6. The Morgan fingerprint density at radius 1 is 0.417 bits per heavy atom. The number of hydrogen-bond donors (Lipinski definition) is 3. The quantitative estimate of drug-likeness (QED) is 0.0560. The number of methoxy groups -OCH3 is 6. The van der Waals surface area contributed by atoms with Crippen molar-refractivity contribution in [1.29, 1.82) is 15.8 Å². The van der Waals surface area contributed by atoms with Crippen LogP contribution in [0.1, 0.15) is 137 Å². The monoisotopic (exact) mass is 1640 g/mol. The third kappa shape index (κ3) is 19.4. The van der Waals surface area contributed by atoms with Gasteiger partial charge in [-0.2, -0.15) is 15.8 Å². The number of nitriles is 3. The van der Waals surface area contributed by atoms with Crippen molar-refractivity contribution < 1.29 is 85.8 Å². The lowest BCUT2D eigenvalue weighted by molar-refractivity contribution is -0.137. The summed E-state index contributed by atoms with van der Waals surface area (Å²) in [7, 11) is 9.46. The summed E-state index contributed by atoms with van der Waals surface area (Å²) in [5, 5.41) is 37.3. The highest BCUT2D eigenvalue weighted by Gasteiger charge is 2.39. The van der Waals surface area contributed by atoms with Gasteiger partial charge in [-0.05, 0) is 128 Å². The summed E-state index contributed by atoms with van der Waals surface area (Å²) in [5.74, 6) is 2.13. The number of pyridine rings is 6. The maximum Gasteiger partial charge on any atom is 0.328 e. The molecule has 9 aliphatic rings.